The molecule has 0 aromatic carbocycles. The van der Waals surface area contributed by atoms with E-state index in [-0.39, 0.29) is 0 Å². The van der Waals surface area contributed by atoms with Gasteiger partial charge in [0.05, 0.1) is 0 Å². The van der Waals surface area contributed by atoms with E-state index in [1.165, 1.54) is 45.1 Å². The molecule has 1 aliphatic carbocycles. The van der Waals surface area contributed by atoms with Gasteiger partial charge in [-0.1, -0.05) is 25.7 Å². The maximum Gasteiger partial charge on any atom is 0.00888 e. The first-order valence-corrected chi connectivity index (χ1v) is 5.96. The van der Waals surface area contributed by atoms with Gasteiger partial charge in [0.15, 0.2) is 0 Å². The fourth-order valence-electron chi connectivity index (χ4n) is 2.64. The second-order valence-electron chi connectivity index (χ2n) is 4.46. The summed E-state index contributed by atoms with van der Waals surface area (Å²) in [7, 11) is 2.06. The van der Waals surface area contributed by atoms with Crippen molar-refractivity contribution in [3.8, 4) is 12.3 Å². The standard InChI is InChI=1S/C13H23N/c1-3-4-8-12-9-6-5-7-10-13(12)11-14-2/h1,12-14H,4-11H2,2H3. The van der Waals surface area contributed by atoms with Gasteiger partial charge in [0.2, 0.25) is 0 Å². The van der Waals surface area contributed by atoms with Gasteiger partial charge in [0, 0.05) is 6.42 Å². The van der Waals surface area contributed by atoms with Crippen molar-refractivity contribution in [1.29, 1.82) is 0 Å². The lowest BCUT2D eigenvalue weighted by Gasteiger charge is -2.24. The molecule has 1 fully saturated rings. The number of nitrogens with one attached hydrogen (secondary N) is 1. The largest absolute Gasteiger partial charge is 0.319 e. The van der Waals surface area contributed by atoms with Crippen molar-refractivity contribution in [2.75, 3.05) is 13.6 Å². The van der Waals surface area contributed by atoms with Crippen LogP contribution in [0.4, 0.5) is 0 Å². The number of rotatable bonds is 4. The van der Waals surface area contributed by atoms with Crippen LogP contribution in [0.2, 0.25) is 0 Å². The van der Waals surface area contributed by atoms with Crippen molar-refractivity contribution < 1.29 is 0 Å². The molecule has 0 aliphatic heterocycles. The number of hydrogen-bond donors (Lipinski definition) is 1. The highest BCUT2D eigenvalue weighted by Crippen LogP contribution is 2.31. The Labute approximate surface area is 88.7 Å². The molecule has 1 rings (SSSR count). The summed E-state index contributed by atoms with van der Waals surface area (Å²) in [5.74, 6) is 4.52. The first-order valence-electron chi connectivity index (χ1n) is 5.96. The smallest absolute Gasteiger partial charge is 0.00888 e. The van der Waals surface area contributed by atoms with E-state index in [0.29, 0.717) is 0 Å². The molecule has 0 spiro atoms. The van der Waals surface area contributed by atoms with Gasteiger partial charge in [0.1, 0.15) is 0 Å². The first kappa shape index (κ1) is 11.6. The van der Waals surface area contributed by atoms with Crippen LogP contribution < -0.4 is 5.32 Å². The van der Waals surface area contributed by atoms with Crippen molar-refractivity contribution in [1.82, 2.24) is 5.32 Å². The van der Waals surface area contributed by atoms with Gasteiger partial charge in [-0.05, 0) is 38.3 Å². The average molecular weight is 193 g/mol. The van der Waals surface area contributed by atoms with Crippen molar-refractivity contribution >= 4 is 0 Å². The quantitative estimate of drug-likeness (QED) is 0.535. The lowest BCUT2D eigenvalue weighted by Crippen LogP contribution is -2.25. The minimum Gasteiger partial charge on any atom is -0.319 e. The molecular formula is C13H23N. The highest BCUT2D eigenvalue weighted by molar-refractivity contribution is 4.86. The zero-order chi connectivity index (χ0) is 10.2. The summed E-state index contributed by atoms with van der Waals surface area (Å²) in [5.41, 5.74) is 0. The summed E-state index contributed by atoms with van der Waals surface area (Å²) in [5, 5.41) is 3.32. The molecule has 14 heavy (non-hydrogen) atoms. The van der Waals surface area contributed by atoms with Crippen LogP contribution in [0.1, 0.15) is 44.9 Å². The third kappa shape index (κ3) is 3.72. The maximum atomic E-state index is 5.34. The van der Waals surface area contributed by atoms with E-state index in [4.69, 9.17) is 6.42 Å². The predicted octanol–water partition coefficient (Wildman–Crippen LogP) is 2.82. The van der Waals surface area contributed by atoms with Gasteiger partial charge >= 0.3 is 0 Å². The van der Waals surface area contributed by atoms with E-state index in [2.05, 4.69) is 18.3 Å². The summed E-state index contributed by atoms with van der Waals surface area (Å²) in [6.45, 7) is 1.18. The van der Waals surface area contributed by atoms with Crippen LogP contribution in [0, 0.1) is 24.2 Å². The van der Waals surface area contributed by atoms with Gasteiger partial charge in [0.25, 0.3) is 0 Å². The van der Waals surface area contributed by atoms with Crippen molar-refractivity contribution in [2.45, 2.75) is 44.9 Å². The molecule has 1 N–H and O–H groups in total. The third-order valence-corrected chi connectivity index (χ3v) is 3.44. The Morgan fingerprint density at radius 2 is 1.93 bits per heavy atom. The molecule has 0 aromatic rings. The zero-order valence-electron chi connectivity index (χ0n) is 9.39. The molecule has 1 saturated carbocycles. The molecule has 0 amide bonds. The lowest BCUT2D eigenvalue weighted by atomic mass is 9.84. The fourth-order valence-corrected chi connectivity index (χ4v) is 2.64. The number of hydrogen-bond acceptors (Lipinski definition) is 1. The highest BCUT2D eigenvalue weighted by Gasteiger charge is 2.22. The highest BCUT2D eigenvalue weighted by atomic mass is 14.8. The lowest BCUT2D eigenvalue weighted by molar-refractivity contribution is 0.291. The third-order valence-electron chi connectivity index (χ3n) is 3.44. The van der Waals surface area contributed by atoms with E-state index in [1.54, 1.807) is 0 Å². The molecule has 0 saturated heterocycles. The van der Waals surface area contributed by atoms with E-state index in [0.717, 1.165) is 18.3 Å². The Kier molecular flexibility index (Phi) is 5.71. The molecule has 1 nitrogen and oxygen atoms in total. The first-order chi connectivity index (χ1) is 6.88. The molecule has 1 aliphatic rings. The van der Waals surface area contributed by atoms with Gasteiger partial charge in [-0.3, -0.25) is 0 Å². The second-order valence-corrected chi connectivity index (χ2v) is 4.46. The van der Waals surface area contributed by atoms with Crippen molar-refractivity contribution in [2.24, 2.45) is 11.8 Å². The molecule has 0 bridgehead atoms. The normalized spacial score (nSPS) is 28.0. The summed E-state index contributed by atoms with van der Waals surface area (Å²) < 4.78 is 0. The maximum absolute atomic E-state index is 5.34. The molecular weight excluding hydrogens is 170 g/mol. The van der Waals surface area contributed by atoms with Crippen LogP contribution >= 0.6 is 0 Å². The SMILES string of the molecule is C#CCCC1CCCCCC1CNC. The van der Waals surface area contributed by atoms with Crippen LogP contribution in [0.25, 0.3) is 0 Å². The fraction of sp³-hybridized carbons (Fsp3) is 0.846. The zero-order valence-corrected chi connectivity index (χ0v) is 9.39. The molecule has 2 atom stereocenters. The van der Waals surface area contributed by atoms with Crippen LogP contribution in [-0.4, -0.2) is 13.6 Å². The predicted molar refractivity (Wildman–Crippen MR) is 62.1 cm³/mol. The van der Waals surface area contributed by atoms with Crippen LogP contribution in [0.5, 0.6) is 0 Å². The average Bonchev–Trinajstić information content (AvgIpc) is 2.41. The molecule has 2 unspecified atom stereocenters. The Morgan fingerprint density at radius 3 is 2.57 bits per heavy atom. The Bertz CT molecular complexity index is 180. The van der Waals surface area contributed by atoms with E-state index >= 15 is 0 Å². The summed E-state index contributed by atoms with van der Waals surface area (Å²) in [6, 6.07) is 0. The second kappa shape index (κ2) is 6.90. The molecule has 0 heterocycles. The Balaban J connectivity index is 2.42. The summed E-state index contributed by atoms with van der Waals surface area (Å²) in [6.07, 6.45) is 14.6. The summed E-state index contributed by atoms with van der Waals surface area (Å²) in [4.78, 5) is 0. The van der Waals surface area contributed by atoms with E-state index in [9.17, 15) is 0 Å². The van der Waals surface area contributed by atoms with Crippen molar-refractivity contribution in [3.63, 3.8) is 0 Å². The minimum atomic E-state index is 0.871. The number of terminal acetylenes is 1. The van der Waals surface area contributed by atoms with Crippen LogP contribution in [0.15, 0.2) is 0 Å². The molecule has 0 radical (unpaired) electrons. The van der Waals surface area contributed by atoms with Gasteiger partial charge in [-0.2, -0.15) is 0 Å². The molecule has 0 aromatic heterocycles. The van der Waals surface area contributed by atoms with Gasteiger partial charge in [-0.15, -0.1) is 12.3 Å². The molecule has 80 valence electrons. The summed E-state index contributed by atoms with van der Waals surface area (Å²) >= 11 is 0. The van der Waals surface area contributed by atoms with E-state index < -0.39 is 0 Å². The molecule has 1 heteroatoms. The van der Waals surface area contributed by atoms with E-state index in [1.807, 2.05) is 0 Å². The van der Waals surface area contributed by atoms with Crippen LogP contribution in [0.3, 0.4) is 0 Å². The Morgan fingerprint density at radius 1 is 1.21 bits per heavy atom. The van der Waals surface area contributed by atoms with Crippen LogP contribution in [-0.2, 0) is 0 Å². The topological polar surface area (TPSA) is 12.0 Å². The van der Waals surface area contributed by atoms with Gasteiger partial charge in [-0.25, -0.2) is 0 Å². The monoisotopic (exact) mass is 193 g/mol. The Hall–Kier alpha value is -0.480. The van der Waals surface area contributed by atoms with Gasteiger partial charge < -0.3 is 5.32 Å². The minimum absolute atomic E-state index is 0.871. The van der Waals surface area contributed by atoms with Crippen molar-refractivity contribution in [3.05, 3.63) is 0 Å².